The summed E-state index contributed by atoms with van der Waals surface area (Å²) in [7, 11) is -3.63. The van der Waals surface area contributed by atoms with Crippen molar-refractivity contribution in [3.8, 4) is 0 Å². The molecule has 24 heavy (non-hydrogen) atoms. The summed E-state index contributed by atoms with van der Waals surface area (Å²) in [5.41, 5.74) is 0.218. The van der Waals surface area contributed by atoms with E-state index < -0.39 is 10.0 Å². The summed E-state index contributed by atoms with van der Waals surface area (Å²) in [6, 6.07) is 2.43. The largest absolute Gasteiger partial charge is 0.332 e. The van der Waals surface area contributed by atoms with Gasteiger partial charge in [0, 0.05) is 25.2 Å². The van der Waals surface area contributed by atoms with Crippen molar-refractivity contribution in [3.05, 3.63) is 28.4 Å². The zero-order chi connectivity index (χ0) is 17.5. The van der Waals surface area contributed by atoms with Gasteiger partial charge in [0.1, 0.15) is 4.21 Å². The van der Waals surface area contributed by atoms with Crippen LogP contribution in [-0.4, -0.2) is 64.1 Å². The molecule has 0 spiro atoms. The first-order chi connectivity index (χ1) is 11.3. The van der Waals surface area contributed by atoms with Gasteiger partial charge in [-0.2, -0.15) is 4.31 Å². The number of piperazine rings is 1. The van der Waals surface area contributed by atoms with Gasteiger partial charge in [-0.25, -0.2) is 8.42 Å². The highest BCUT2D eigenvalue weighted by Gasteiger charge is 2.39. The van der Waals surface area contributed by atoms with Crippen molar-refractivity contribution >= 4 is 38.9 Å². The number of H-pyrrole nitrogens is 1. The lowest BCUT2D eigenvalue weighted by atomic mass is 10.1. The van der Waals surface area contributed by atoms with E-state index in [1.54, 1.807) is 17.9 Å². The lowest BCUT2D eigenvalue weighted by molar-refractivity contribution is 0.0501. The number of hydrogen-bond donors (Lipinski definition) is 1. The molecule has 1 N–H and O–H groups in total. The SMILES string of the molecule is C[C@@H]1CN(C(=O)c2c[nH]nn2)[C@@H](C)CN1S(=O)(=O)c1ccc(Cl)s1. The average molecular weight is 390 g/mol. The smallest absolute Gasteiger partial charge is 0.276 e. The minimum Gasteiger partial charge on any atom is -0.332 e. The Morgan fingerprint density at radius 1 is 1.33 bits per heavy atom. The number of carbonyl (C=O) groups excluding carboxylic acids is 1. The quantitative estimate of drug-likeness (QED) is 0.856. The van der Waals surface area contributed by atoms with Crippen LogP contribution in [0.5, 0.6) is 0 Å². The van der Waals surface area contributed by atoms with Gasteiger partial charge in [-0.1, -0.05) is 16.8 Å². The van der Waals surface area contributed by atoms with Gasteiger partial charge in [-0.15, -0.1) is 16.4 Å². The average Bonchev–Trinajstić information content (AvgIpc) is 3.19. The van der Waals surface area contributed by atoms with Crippen LogP contribution >= 0.6 is 22.9 Å². The van der Waals surface area contributed by atoms with Crippen molar-refractivity contribution in [2.24, 2.45) is 0 Å². The van der Waals surface area contributed by atoms with Crippen LogP contribution in [0.4, 0.5) is 0 Å². The normalized spacial score (nSPS) is 22.7. The number of hydrogen-bond acceptors (Lipinski definition) is 6. The van der Waals surface area contributed by atoms with Gasteiger partial charge in [0.15, 0.2) is 5.69 Å². The van der Waals surface area contributed by atoms with Crippen LogP contribution in [0.25, 0.3) is 0 Å². The van der Waals surface area contributed by atoms with E-state index in [4.69, 9.17) is 11.6 Å². The molecule has 1 saturated heterocycles. The van der Waals surface area contributed by atoms with E-state index in [1.165, 1.54) is 16.6 Å². The molecule has 1 aliphatic rings. The van der Waals surface area contributed by atoms with Crippen molar-refractivity contribution in [1.29, 1.82) is 0 Å². The van der Waals surface area contributed by atoms with E-state index in [0.29, 0.717) is 4.34 Å². The number of nitrogens with one attached hydrogen (secondary N) is 1. The number of carbonyl (C=O) groups is 1. The number of nitrogens with zero attached hydrogens (tertiary/aromatic N) is 4. The zero-order valence-corrected chi connectivity index (χ0v) is 15.4. The van der Waals surface area contributed by atoms with E-state index in [2.05, 4.69) is 15.4 Å². The molecule has 11 heteroatoms. The Labute approximate surface area is 148 Å². The van der Waals surface area contributed by atoms with Gasteiger partial charge in [-0.3, -0.25) is 9.89 Å². The molecule has 3 heterocycles. The first-order valence-corrected chi connectivity index (χ1v) is 9.88. The highest BCUT2D eigenvalue weighted by Crippen LogP contribution is 2.31. The second-order valence-corrected chi connectivity index (χ2v) is 9.48. The molecule has 0 bridgehead atoms. The Bertz CT molecular complexity index is 836. The molecule has 130 valence electrons. The topological polar surface area (TPSA) is 99.3 Å². The molecule has 2 aromatic rings. The minimum absolute atomic E-state index is 0.211. The van der Waals surface area contributed by atoms with Crippen LogP contribution in [0.2, 0.25) is 4.34 Å². The molecule has 1 aliphatic heterocycles. The Morgan fingerprint density at radius 2 is 2.08 bits per heavy atom. The Morgan fingerprint density at radius 3 is 2.67 bits per heavy atom. The Kier molecular flexibility index (Phi) is 4.65. The van der Waals surface area contributed by atoms with Gasteiger partial charge in [-0.05, 0) is 26.0 Å². The Balaban J connectivity index is 1.82. The van der Waals surface area contributed by atoms with Crippen molar-refractivity contribution in [1.82, 2.24) is 24.6 Å². The molecule has 2 atom stereocenters. The molecule has 0 radical (unpaired) electrons. The van der Waals surface area contributed by atoms with Gasteiger partial charge in [0.2, 0.25) is 0 Å². The van der Waals surface area contributed by atoms with E-state index in [1.807, 2.05) is 6.92 Å². The molecule has 3 rings (SSSR count). The molecule has 2 aromatic heterocycles. The fraction of sp³-hybridized carbons (Fsp3) is 0.462. The summed E-state index contributed by atoms with van der Waals surface area (Å²) in [6.45, 7) is 4.09. The van der Waals surface area contributed by atoms with Gasteiger partial charge in [0.25, 0.3) is 15.9 Å². The van der Waals surface area contributed by atoms with E-state index in [0.717, 1.165) is 11.3 Å². The molecular formula is C13H16ClN5O3S2. The van der Waals surface area contributed by atoms with Crippen LogP contribution in [-0.2, 0) is 10.0 Å². The number of amides is 1. The van der Waals surface area contributed by atoms with Crippen LogP contribution in [0.1, 0.15) is 24.3 Å². The number of halogens is 1. The van der Waals surface area contributed by atoms with Crippen LogP contribution in [0.15, 0.2) is 22.5 Å². The summed E-state index contributed by atoms with van der Waals surface area (Å²) < 4.78 is 27.7. The van der Waals surface area contributed by atoms with Crippen molar-refractivity contribution in [3.63, 3.8) is 0 Å². The molecule has 0 aliphatic carbocycles. The Hall–Kier alpha value is -1.49. The summed E-state index contributed by atoms with van der Waals surface area (Å²) in [5.74, 6) is -0.265. The second-order valence-electron chi connectivity index (χ2n) is 5.65. The maximum Gasteiger partial charge on any atom is 0.276 e. The van der Waals surface area contributed by atoms with Crippen molar-refractivity contribution in [2.75, 3.05) is 13.1 Å². The number of aromatic amines is 1. The molecule has 0 aromatic carbocycles. The lowest BCUT2D eigenvalue weighted by Gasteiger charge is -2.42. The molecule has 1 amide bonds. The molecule has 1 fully saturated rings. The van der Waals surface area contributed by atoms with Gasteiger partial charge >= 0.3 is 0 Å². The van der Waals surface area contributed by atoms with Crippen molar-refractivity contribution in [2.45, 2.75) is 30.1 Å². The highest BCUT2D eigenvalue weighted by molar-refractivity contribution is 7.91. The first-order valence-electron chi connectivity index (χ1n) is 7.25. The minimum atomic E-state index is -3.63. The van der Waals surface area contributed by atoms with Crippen LogP contribution in [0, 0.1) is 0 Å². The highest BCUT2D eigenvalue weighted by atomic mass is 35.5. The third-order valence-electron chi connectivity index (χ3n) is 3.94. The standard InChI is InChI=1S/C13H16ClN5O3S2/c1-8-7-19(24(21,22)12-4-3-11(14)23-12)9(2)6-18(8)13(20)10-5-15-17-16-10/h3-5,8-9H,6-7H2,1-2H3,(H,15,16,17)/t8-,9+/m0/s1. The monoisotopic (exact) mass is 389 g/mol. The number of sulfonamides is 1. The van der Waals surface area contributed by atoms with Crippen LogP contribution in [0.3, 0.4) is 0 Å². The molecular weight excluding hydrogens is 374 g/mol. The number of rotatable bonds is 3. The summed E-state index contributed by atoms with van der Waals surface area (Å²) in [4.78, 5) is 14.1. The lowest BCUT2D eigenvalue weighted by Crippen LogP contribution is -2.59. The van der Waals surface area contributed by atoms with E-state index in [-0.39, 0.29) is 41.0 Å². The predicted molar refractivity (Wildman–Crippen MR) is 89.6 cm³/mol. The fourth-order valence-electron chi connectivity index (χ4n) is 2.72. The maximum absolute atomic E-state index is 12.8. The summed E-state index contributed by atoms with van der Waals surface area (Å²) in [6.07, 6.45) is 1.43. The third kappa shape index (κ3) is 3.06. The van der Waals surface area contributed by atoms with Crippen LogP contribution < -0.4 is 0 Å². The molecule has 0 unspecified atom stereocenters. The van der Waals surface area contributed by atoms with Crippen molar-refractivity contribution < 1.29 is 13.2 Å². The zero-order valence-electron chi connectivity index (χ0n) is 13.0. The number of thiophene rings is 1. The summed E-state index contributed by atoms with van der Waals surface area (Å²) >= 11 is 6.89. The maximum atomic E-state index is 12.8. The predicted octanol–water partition coefficient (Wildman–Crippen LogP) is 1.44. The first kappa shape index (κ1) is 17.3. The second kappa shape index (κ2) is 6.43. The van der Waals surface area contributed by atoms with Gasteiger partial charge in [0.05, 0.1) is 10.5 Å². The molecule has 0 saturated carbocycles. The molecule has 8 nitrogen and oxygen atoms in total. The van der Waals surface area contributed by atoms with E-state index >= 15 is 0 Å². The third-order valence-corrected chi connectivity index (χ3v) is 7.62. The fourth-order valence-corrected chi connectivity index (χ4v) is 6.03. The summed E-state index contributed by atoms with van der Waals surface area (Å²) in [5, 5.41) is 9.77. The number of aromatic nitrogens is 3. The van der Waals surface area contributed by atoms with E-state index in [9.17, 15) is 13.2 Å². The van der Waals surface area contributed by atoms with Gasteiger partial charge < -0.3 is 4.90 Å².